The van der Waals surface area contributed by atoms with Crippen LogP contribution < -0.4 is 0 Å². The number of thioether (sulfide) groups is 2. The molecule has 0 aliphatic carbocycles. The molecule has 0 unspecified atom stereocenters. The molecule has 0 atom stereocenters. The molecule has 12 heteroatoms. The van der Waals surface area contributed by atoms with E-state index in [4.69, 9.17) is 15.3 Å². The molecule has 0 N–H and O–H groups in total. The van der Waals surface area contributed by atoms with Gasteiger partial charge < -0.3 is 4.74 Å². The number of fused-ring (bicyclic) bond motifs is 1. The summed E-state index contributed by atoms with van der Waals surface area (Å²) >= 11 is 1.75. The molecule has 2 aromatic rings. The van der Waals surface area contributed by atoms with Crippen LogP contribution in [0.1, 0.15) is 17.0 Å². The molecule has 0 spiro atoms. The third-order valence-electron chi connectivity index (χ3n) is 3.42. The molecule has 0 saturated carbocycles. The number of nitrogens with zero attached hydrogens (tertiary/aromatic N) is 5. The van der Waals surface area contributed by atoms with Gasteiger partial charge in [0.25, 0.3) is 0 Å². The van der Waals surface area contributed by atoms with Crippen LogP contribution in [0.25, 0.3) is 0 Å². The lowest BCUT2D eigenvalue weighted by Gasteiger charge is -2.07. The summed E-state index contributed by atoms with van der Waals surface area (Å²) in [5.74, 6) is -5.71. The van der Waals surface area contributed by atoms with Gasteiger partial charge in [0, 0.05) is 5.56 Å². The number of ether oxygens (including phenoxy) is 1. The van der Waals surface area contributed by atoms with Gasteiger partial charge in [-0.2, -0.15) is 15.8 Å². The van der Waals surface area contributed by atoms with Crippen molar-refractivity contribution in [2.45, 2.75) is 16.7 Å². The third-order valence-corrected chi connectivity index (χ3v) is 5.78. The first-order valence-corrected chi connectivity index (χ1v) is 9.04. The lowest BCUT2D eigenvalue weighted by molar-refractivity contribution is -0.139. The second kappa shape index (κ2) is 8.23. The molecule has 3 rings (SSSR count). The summed E-state index contributed by atoms with van der Waals surface area (Å²) in [6.07, 6.45) is 0. The fourth-order valence-electron chi connectivity index (χ4n) is 2.06. The van der Waals surface area contributed by atoms with E-state index in [-0.39, 0.29) is 25.7 Å². The van der Waals surface area contributed by atoms with Gasteiger partial charge in [-0.15, -0.1) is 0 Å². The molecule has 0 saturated heterocycles. The highest BCUT2D eigenvalue weighted by Gasteiger charge is 2.29. The molecule has 142 valence electrons. The van der Waals surface area contributed by atoms with Gasteiger partial charge in [0.2, 0.25) is 0 Å². The number of hydrogen-bond donors (Lipinski definition) is 0. The molecule has 0 amide bonds. The summed E-state index contributed by atoms with van der Waals surface area (Å²) in [6.45, 7) is -0.726. The van der Waals surface area contributed by atoms with Crippen molar-refractivity contribution in [3.63, 3.8) is 0 Å². The number of rotatable bonds is 3. The Morgan fingerprint density at radius 2 is 1.59 bits per heavy atom. The summed E-state index contributed by atoms with van der Waals surface area (Å²) in [5.41, 5.74) is -1.25. The number of carbonyl (C=O) groups is 1. The number of esters is 1. The van der Waals surface area contributed by atoms with Gasteiger partial charge in [0.05, 0.1) is 4.24 Å². The number of hydrogen-bond acceptors (Lipinski definition) is 9. The monoisotopic (exact) mass is 431 g/mol. The van der Waals surface area contributed by atoms with Crippen molar-refractivity contribution in [1.82, 2.24) is 9.97 Å². The van der Waals surface area contributed by atoms with E-state index in [1.54, 1.807) is 18.2 Å². The van der Waals surface area contributed by atoms with Crippen molar-refractivity contribution in [1.29, 1.82) is 15.8 Å². The maximum Gasteiger partial charge on any atom is 0.350 e. The van der Waals surface area contributed by atoms with Gasteiger partial charge in [0.1, 0.15) is 34.9 Å². The topological polar surface area (TPSA) is 123 Å². The van der Waals surface area contributed by atoms with Crippen LogP contribution in [0.15, 0.2) is 32.0 Å². The summed E-state index contributed by atoms with van der Waals surface area (Å²) in [4.78, 5) is 20.2. The summed E-state index contributed by atoms with van der Waals surface area (Å²) in [5, 5.41) is 27.7. The van der Waals surface area contributed by atoms with Gasteiger partial charge in [-0.05, 0) is 12.1 Å². The molecule has 0 radical (unpaired) electrons. The SMILES string of the molecule is N#CC(C(=O)OCc1ccc(F)c(F)c1F)=C1Sc2nc(C#N)c(C#N)nc2S1. The zero-order valence-electron chi connectivity index (χ0n) is 13.9. The summed E-state index contributed by atoms with van der Waals surface area (Å²) in [7, 11) is 0. The number of halogens is 3. The number of benzene rings is 1. The first-order valence-electron chi connectivity index (χ1n) is 7.41. The predicted octanol–water partition coefficient (Wildman–Crippen LogP) is 3.31. The van der Waals surface area contributed by atoms with Gasteiger partial charge in [0.15, 0.2) is 34.4 Å². The van der Waals surface area contributed by atoms with E-state index in [1.165, 1.54) is 0 Å². The Balaban J connectivity index is 1.82. The molecule has 1 aromatic carbocycles. The van der Waals surface area contributed by atoms with Crippen molar-refractivity contribution in [2.75, 3.05) is 0 Å². The van der Waals surface area contributed by atoms with Crippen molar-refractivity contribution in [2.24, 2.45) is 0 Å². The Labute approximate surface area is 169 Å². The first kappa shape index (κ1) is 20.2. The van der Waals surface area contributed by atoms with E-state index in [2.05, 4.69) is 9.97 Å². The van der Waals surface area contributed by atoms with Gasteiger partial charge in [-0.1, -0.05) is 23.5 Å². The Morgan fingerprint density at radius 3 is 2.10 bits per heavy atom. The minimum Gasteiger partial charge on any atom is -0.457 e. The molecule has 1 aliphatic rings. The summed E-state index contributed by atoms with van der Waals surface area (Å²) < 4.78 is 44.8. The molecule has 1 aromatic heterocycles. The normalized spacial score (nSPS) is 11.8. The highest BCUT2D eigenvalue weighted by atomic mass is 32.2. The van der Waals surface area contributed by atoms with Crippen LogP contribution in [0, 0.1) is 51.4 Å². The van der Waals surface area contributed by atoms with E-state index >= 15 is 0 Å². The fraction of sp³-hybridized carbons (Fsp3) is 0.0588. The Hall–Kier alpha value is -3.53. The van der Waals surface area contributed by atoms with Crippen molar-refractivity contribution < 1.29 is 22.7 Å². The van der Waals surface area contributed by atoms with E-state index in [9.17, 15) is 23.2 Å². The average molecular weight is 431 g/mol. The van der Waals surface area contributed by atoms with Crippen LogP contribution in [-0.4, -0.2) is 15.9 Å². The smallest absolute Gasteiger partial charge is 0.350 e. The number of carbonyl (C=O) groups excluding carboxylic acids is 1. The maximum atomic E-state index is 13.7. The molecule has 0 fully saturated rings. The van der Waals surface area contributed by atoms with E-state index in [0.717, 1.165) is 29.6 Å². The Kier molecular flexibility index (Phi) is 5.74. The zero-order chi connectivity index (χ0) is 21.1. The molecular weight excluding hydrogens is 427 g/mol. The summed E-state index contributed by atoms with van der Waals surface area (Å²) in [6, 6.07) is 6.70. The van der Waals surface area contributed by atoms with Crippen molar-refractivity contribution in [3.8, 4) is 18.2 Å². The van der Waals surface area contributed by atoms with Crippen LogP contribution in [0.5, 0.6) is 0 Å². The van der Waals surface area contributed by atoms with Crippen LogP contribution >= 0.6 is 23.5 Å². The van der Waals surface area contributed by atoms with Crippen molar-refractivity contribution >= 4 is 29.5 Å². The van der Waals surface area contributed by atoms with Crippen LogP contribution in [0.3, 0.4) is 0 Å². The van der Waals surface area contributed by atoms with Gasteiger partial charge >= 0.3 is 5.97 Å². The third kappa shape index (κ3) is 3.87. The second-order valence-electron chi connectivity index (χ2n) is 5.14. The fourth-order valence-corrected chi connectivity index (χ4v) is 4.30. The van der Waals surface area contributed by atoms with Crippen LogP contribution in [-0.2, 0) is 16.1 Å². The van der Waals surface area contributed by atoms with Crippen LogP contribution in [0.4, 0.5) is 13.2 Å². The van der Waals surface area contributed by atoms with Crippen LogP contribution in [0.2, 0.25) is 0 Å². The lowest BCUT2D eigenvalue weighted by atomic mass is 10.2. The van der Waals surface area contributed by atoms with E-state index < -0.39 is 41.2 Å². The van der Waals surface area contributed by atoms with E-state index in [0.29, 0.717) is 6.07 Å². The molecule has 29 heavy (non-hydrogen) atoms. The van der Waals surface area contributed by atoms with Gasteiger partial charge in [-0.3, -0.25) is 0 Å². The average Bonchev–Trinajstić information content (AvgIpc) is 3.13. The highest BCUT2D eigenvalue weighted by Crippen LogP contribution is 2.50. The van der Waals surface area contributed by atoms with Crippen molar-refractivity contribution in [3.05, 3.63) is 56.3 Å². The molecular formula is C17H4F3N5O2S2. The minimum absolute atomic E-state index is 0.136. The highest BCUT2D eigenvalue weighted by molar-refractivity contribution is 8.24. The lowest BCUT2D eigenvalue weighted by Crippen LogP contribution is -2.09. The zero-order valence-corrected chi connectivity index (χ0v) is 15.5. The quantitative estimate of drug-likeness (QED) is 0.311. The largest absolute Gasteiger partial charge is 0.457 e. The molecule has 2 heterocycles. The molecule has 1 aliphatic heterocycles. The number of nitriles is 3. The molecule has 0 bridgehead atoms. The van der Waals surface area contributed by atoms with E-state index in [1.807, 2.05) is 0 Å². The predicted molar refractivity (Wildman–Crippen MR) is 91.9 cm³/mol. The number of aromatic nitrogens is 2. The Morgan fingerprint density at radius 1 is 1.00 bits per heavy atom. The molecule has 7 nitrogen and oxygen atoms in total. The first-order chi connectivity index (χ1) is 13.9. The Bertz CT molecular complexity index is 1170. The van der Waals surface area contributed by atoms with Gasteiger partial charge in [-0.25, -0.2) is 27.9 Å². The standard InChI is InChI=1S/C17H4F3N5O2S2/c18-9-2-1-7(12(19)13(9)20)6-27-16(26)8(3-21)17-28-14-15(29-17)25-11(5-23)10(4-22)24-14/h1-2H,6H2. The maximum absolute atomic E-state index is 13.7. The second-order valence-corrected chi connectivity index (χ2v) is 7.40. The minimum atomic E-state index is -1.70.